The maximum atomic E-state index is 12.9. The Labute approximate surface area is 167 Å². The fourth-order valence-electron chi connectivity index (χ4n) is 2.75. The minimum Gasteiger partial charge on any atom is -0.481 e. The third-order valence-corrected chi connectivity index (χ3v) is 4.15. The number of amides is 1. The van der Waals surface area contributed by atoms with E-state index in [1.807, 2.05) is 0 Å². The highest BCUT2D eigenvalue weighted by atomic mass is 16.6. The summed E-state index contributed by atoms with van der Waals surface area (Å²) < 4.78 is 10.8. The van der Waals surface area contributed by atoms with E-state index in [9.17, 15) is 14.4 Å². The Bertz CT molecular complexity index is 1000. The summed E-state index contributed by atoms with van der Waals surface area (Å²) in [5, 5.41) is 0. The highest BCUT2D eigenvalue weighted by molar-refractivity contribution is 6.01. The molecule has 2 N–H and O–H groups in total. The number of hydrogen-bond donors (Lipinski definition) is 1. The van der Waals surface area contributed by atoms with Crippen molar-refractivity contribution in [1.82, 2.24) is 0 Å². The lowest BCUT2D eigenvalue weighted by Gasteiger charge is -2.18. The molecule has 3 aromatic carbocycles. The topological polar surface area (TPSA) is 95.7 Å². The molecule has 0 aliphatic carbocycles. The molecule has 0 saturated carbocycles. The Morgan fingerprint density at radius 2 is 1.38 bits per heavy atom. The molecule has 6 nitrogen and oxygen atoms in total. The SMILES string of the molecule is NC(=O)c1ccccc1OCC(=O)O[C@H](C(=O)c1ccccc1)c1ccccc1. The number of rotatable bonds is 8. The van der Waals surface area contributed by atoms with Gasteiger partial charge in [-0.1, -0.05) is 72.8 Å². The Kier molecular flexibility index (Phi) is 6.37. The summed E-state index contributed by atoms with van der Waals surface area (Å²) in [7, 11) is 0. The van der Waals surface area contributed by atoms with E-state index in [1.54, 1.807) is 72.8 Å². The van der Waals surface area contributed by atoms with E-state index in [1.165, 1.54) is 12.1 Å². The summed E-state index contributed by atoms with van der Waals surface area (Å²) in [5.74, 6) is -1.59. The molecule has 0 radical (unpaired) electrons. The van der Waals surface area contributed by atoms with Crippen LogP contribution in [0.15, 0.2) is 84.9 Å². The van der Waals surface area contributed by atoms with Crippen LogP contribution in [0.3, 0.4) is 0 Å². The first kappa shape index (κ1) is 19.8. The van der Waals surface area contributed by atoms with Gasteiger partial charge in [0.25, 0.3) is 5.91 Å². The van der Waals surface area contributed by atoms with Gasteiger partial charge in [0.15, 0.2) is 12.7 Å². The van der Waals surface area contributed by atoms with Crippen LogP contribution in [0.25, 0.3) is 0 Å². The average molecular weight is 389 g/mol. The van der Waals surface area contributed by atoms with E-state index in [0.717, 1.165) is 0 Å². The summed E-state index contributed by atoms with van der Waals surface area (Å²) in [4.78, 5) is 36.8. The second-order valence-corrected chi connectivity index (χ2v) is 6.16. The minimum atomic E-state index is -1.11. The number of hydrogen-bond acceptors (Lipinski definition) is 5. The predicted molar refractivity (Wildman–Crippen MR) is 107 cm³/mol. The first-order chi connectivity index (χ1) is 14.1. The molecule has 146 valence electrons. The number of para-hydroxylation sites is 1. The van der Waals surface area contributed by atoms with Gasteiger partial charge in [-0.15, -0.1) is 0 Å². The van der Waals surface area contributed by atoms with Crippen molar-refractivity contribution in [2.75, 3.05) is 6.61 Å². The Morgan fingerprint density at radius 3 is 2.03 bits per heavy atom. The average Bonchev–Trinajstić information content (AvgIpc) is 2.77. The van der Waals surface area contributed by atoms with E-state index in [4.69, 9.17) is 15.2 Å². The van der Waals surface area contributed by atoms with Crippen LogP contribution in [0.4, 0.5) is 0 Å². The lowest BCUT2D eigenvalue weighted by atomic mass is 10.00. The molecule has 0 saturated heterocycles. The quantitative estimate of drug-likeness (QED) is 0.471. The molecule has 0 aromatic heterocycles. The molecule has 3 aromatic rings. The van der Waals surface area contributed by atoms with Crippen LogP contribution in [0.1, 0.15) is 32.4 Å². The van der Waals surface area contributed by atoms with E-state index in [2.05, 4.69) is 0 Å². The Hall–Kier alpha value is -3.93. The van der Waals surface area contributed by atoms with Gasteiger partial charge in [0.05, 0.1) is 5.56 Å². The molecule has 29 heavy (non-hydrogen) atoms. The number of esters is 1. The van der Waals surface area contributed by atoms with Crippen LogP contribution in [0, 0.1) is 0 Å². The molecule has 3 rings (SSSR count). The van der Waals surface area contributed by atoms with Gasteiger partial charge >= 0.3 is 5.97 Å². The maximum Gasteiger partial charge on any atom is 0.345 e. The van der Waals surface area contributed by atoms with Crippen molar-refractivity contribution in [3.63, 3.8) is 0 Å². The first-order valence-electron chi connectivity index (χ1n) is 8.91. The van der Waals surface area contributed by atoms with Gasteiger partial charge < -0.3 is 15.2 Å². The van der Waals surface area contributed by atoms with Crippen molar-refractivity contribution in [2.24, 2.45) is 5.73 Å². The molecule has 0 fully saturated rings. The maximum absolute atomic E-state index is 12.9. The van der Waals surface area contributed by atoms with Crippen LogP contribution in [-0.4, -0.2) is 24.3 Å². The zero-order valence-corrected chi connectivity index (χ0v) is 15.5. The largest absolute Gasteiger partial charge is 0.481 e. The van der Waals surface area contributed by atoms with Crippen LogP contribution < -0.4 is 10.5 Å². The van der Waals surface area contributed by atoms with E-state index < -0.39 is 24.6 Å². The van der Waals surface area contributed by atoms with Crippen molar-refractivity contribution in [2.45, 2.75) is 6.10 Å². The Morgan fingerprint density at radius 1 is 0.793 bits per heavy atom. The van der Waals surface area contributed by atoms with Crippen molar-refractivity contribution >= 4 is 17.7 Å². The number of carbonyl (C=O) groups is 3. The normalized spacial score (nSPS) is 11.3. The van der Waals surface area contributed by atoms with Crippen LogP contribution >= 0.6 is 0 Å². The van der Waals surface area contributed by atoms with E-state index >= 15 is 0 Å². The molecule has 0 aliphatic rings. The number of nitrogens with two attached hydrogens (primary N) is 1. The van der Waals surface area contributed by atoms with Crippen molar-refractivity contribution < 1.29 is 23.9 Å². The van der Waals surface area contributed by atoms with Crippen LogP contribution in [-0.2, 0) is 9.53 Å². The Balaban J connectivity index is 1.75. The summed E-state index contributed by atoms with van der Waals surface area (Å²) in [6.45, 7) is -0.476. The van der Waals surface area contributed by atoms with Crippen LogP contribution in [0.2, 0.25) is 0 Å². The van der Waals surface area contributed by atoms with Gasteiger partial charge in [-0.2, -0.15) is 0 Å². The van der Waals surface area contributed by atoms with Gasteiger partial charge in [-0.25, -0.2) is 4.79 Å². The fourth-order valence-corrected chi connectivity index (χ4v) is 2.75. The zero-order chi connectivity index (χ0) is 20.6. The van der Waals surface area contributed by atoms with Crippen LogP contribution in [0.5, 0.6) is 5.75 Å². The number of ketones is 1. The monoisotopic (exact) mass is 389 g/mol. The van der Waals surface area contributed by atoms with Gasteiger partial charge in [-0.3, -0.25) is 9.59 Å². The van der Waals surface area contributed by atoms with Gasteiger partial charge in [0, 0.05) is 11.1 Å². The summed E-state index contributed by atoms with van der Waals surface area (Å²) in [5.41, 5.74) is 6.43. The number of primary amides is 1. The van der Waals surface area contributed by atoms with E-state index in [-0.39, 0.29) is 17.1 Å². The molecule has 0 spiro atoms. The smallest absolute Gasteiger partial charge is 0.345 e. The minimum absolute atomic E-state index is 0.153. The summed E-state index contributed by atoms with van der Waals surface area (Å²) in [6, 6.07) is 23.6. The molecule has 0 heterocycles. The molecule has 6 heteroatoms. The molecule has 0 bridgehead atoms. The van der Waals surface area contributed by atoms with E-state index in [0.29, 0.717) is 11.1 Å². The van der Waals surface area contributed by atoms with Crippen molar-refractivity contribution in [1.29, 1.82) is 0 Å². The second kappa shape index (κ2) is 9.32. The third kappa shape index (κ3) is 5.07. The standard InChI is InChI=1S/C23H19NO5/c24-23(27)18-13-7-8-14-19(18)28-15-20(25)29-22(17-11-5-2-6-12-17)21(26)16-9-3-1-4-10-16/h1-14,22H,15H2,(H2,24,27)/t22-/m0/s1. The van der Waals surface area contributed by atoms with Gasteiger partial charge in [0.1, 0.15) is 5.75 Å². The number of Topliss-reactive ketones (excluding diaryl/α,β-unsaturated/α-hetero) is 1. The highest BCUT2D eigenvalue weighted by Crippen LogP contribution is 2.23. The third-order valence-electron chi connectivity index (χ3n) is 4.15. The van der Waals surface area contributed by atoms with Gasteiger partial charge in [0.2, 0.25) is 5.78 Å². The molecule has 0 unspecified atom stereocenters. The molecule has 0 aliphatic heterocycles. The number of carbonyl (C=O) groups excluding carboxylic acids is 3. The van der Waals surface area contributed by atoms with Gasteiger partial charge in [-0.05, 0) is 12.1 Å². The number of benzene rings is 3. The molecule has 1 atom stereocenters. The lowest BCUT2D eigenvalue weighted by molar-refractivity contribution is -0.149. The second-order valence-electron chi connectivity index (χ2n) is 6.16. The zero-order valence-electron chi connectivity index (χ0n) is 15.5. The molecular weight excluding hydrogens is 370 g/mol. The lowest BCUT2D eigenvalue weighted by Crippen LogP contribution is -2.24. The molecular formula is C23H19NO5. The summed E-state index contributed by atoms with van der Waals surface area (Å²) >= 11 is 0. The summed E-state index contributed by atoms with van der Waals surface area (Å²) in [6.07, 6.45) is -1.11. The first-order valence-corrected chi connectivity index (χ1v) is 8.91. The number of ether oxygens (including phenoxy) is 2. The molecule has 1 amide bonds. The van der Waals surface area contributed by atoms with Crippen molar-refractivity contribution in [3.8, 4) is 5.75 Å². The predicted octanol–water partition coefficient (Wildman–Crippen LogP) is 3.33. The fraction of sp³-hybridized carbons (Fsp3) is 0.0870. The highest BCUT2D eigenvalue weighted by Gasteiger charge is 2.26. The van der Waals surface area contributed by atoms with Crippen molar-refractivity contribution in [3.05, 3.63) is 102 Å².